The Labute approximate surface area is 181 Å². The molecule has 0 heterocycles. The van der Waals surface area contributed by atoms with Gasteiger partial charge in [-0.25, -0.2) is 0 Å². The van der Waals surface area contributed by atoms with Gasteiger partial charge in [-0.15, -0.1) is 0 Å². The smallest absolute Gasteiger partial charge is 0.268 e. The molecule has 2 N–H and O–H groups in total. The van der Waals surface area contributed by atoms with Crippen LogP contribution in [0.3, 0.4) is 0 Å². The van der Waals surface area contributed by atoms with E-state index in [0.29, 0.717) is 23.6 Å². The zero-order valence-electron chi connectivity index (χ0n) is 17.4. The Balaban J connectivity index is 1.80. The fourth-order valence-electron chi connectivity index (χ4n) is 2.84. The van der Waals surface area contributed by atoms with E-state index in [4.69, 9.17) is 9.47 Å². The number of methoxy groups -OCH3 is 2. The SMILES string of the molecule is COc1ccc(/C=C(\NC(=O)c2ccc(OC)cc2)C(=O)NCc2ccccc2)cc1. The monoisotopic (exact) mass is 416 g/mol. The van der Waals surface area contributed by atoms with Crippen molar-refractivity contribution in [3.05, 3.63) is 101 Å². The lowest BCUT2D eigenvalue weighted by Crippen LogP contribution is -2.34. The number of benzene rings is 3. The van der Waals surface area contributed by atoms with Gasteiger partial charge >= 0.3 is 0 Å². The number of hydrogen-bond acceptors (Lipinski definition) is 4. The van der Waals surface area contributed by atoms with Gasteiger partial charge in [-0.2, -0.15) is 0 Å². The quantitative estimate of drug-likeness (QED) is 0.548. The molecule has 0 aliphatic heterocycles. The van der Waals surface area contributed by atoms with Gasteiger partial charge in [-0.3, -0.25) is 9.59 Å². The summed E-state index contributed by atoms with van der Waals surface area (Å²) in [6, 6.07) is 23.4. The van der Waals surface area contributed by atoms with E-state index in [0.717, 1.165) is 11.1 Å². The highest BCUT2D eigenvalue weighted by atomic mass is 16.5. The molecule has 6 heteroatoms. The summed E-state index contributed by atoms with van der Waals surface area (Å²) in [6.45, 7) is 0.345. The van der Waals surface area contributed by atoms with Crippen LogP contribution in [0.25, 0.3) is 6.08 Å². The Morgan fingerprint density at radius 3 is 1.97 bits per heavy atom. The van der Waals surface area contributed by atoms with Crippen LogP contribution in [0.4, 0.5) is 0 Å². The highest BCUT2D eigenvalue weighted by Crippen LogP contribution is 2.15. The number of nitrogens with one attached hydrogen (secondary N) is 2. The molecule has 0 aromatic heterocycles. The normalized spacial score (nSPS) is 10.8. The van der Waals surface area contributed by atoms with Crippen LogP contribution in [0.15, 0.2) is 84.6 Å². The van der Waals surface area contributed by atoms with E-state index in [1.54, 1.807) is 56.7 Å². The number of amides is 2. The van der Waals surface area contributed by atoms with E-state index < -0.39 is 5.91 Å². The minimum atomic E-state index is -0.391. The largest absolute Gasteiger partial charge is 0.497 e. The molecule has 0 saturated heterocycles. The molecular formula is C25H24N2O4. The highest BCUT2D eigenvalue weighted by Gasteiger charge is 2.15. The summed E-state index contributed by atoms with van der Waals surface area (Å²) in [5.74, 6) is 0.569. The third-order valence-electron chi connectivity index (χ3n) is 4.57. The van der Waals surface area contributed by atoms with Crippen LogP contribution in [0.2, 0.25) is 0 Å². The first-order valence-corrected chi connectivity index (χ1v) is 9.72. The van der Waals surface area contributed by atoms with Crippen molar-refractivity contribution in [2.75, 3.05) is 14.2 Å². The van der Waals surface area contributed by atoms with Crippen molar-refractivity contribution < 1.29 is 19.1 Å². The van der Waals surface area contributed by atoms with Crippen molar-refractivity contribution in [2.24, 2.45) is 0 Å². The van der Waals surface area contributed by atoms with Crippen LogP contribution in [-0.4, -0.2) is 26.0 Å². The van der Waals surface area contributed by atoms with Gasteiger partial charge in [0, 0.05) is 12.1 Å². The number of hydrogen-bond donors (Lipinski definition) is 2. The van der Waals surface area contributed by atoms with Crippen LogP contribution < -0.4 is 20.1 Å². The zero-order valence-corrected chi connectivity index (χ0v) is 17.4. The molecule has 0 aliphatic carbocycles. The molecule has 3 aromatic rings. The molecule has 3 rings (SSSR count). The van der Waals surface area contributed by atoms with Gasteiger partial charge in [-0.1, -0.05) is 42.5 Å². The summed E-state index contributed by atoms with van der Waals surface area (Å²) in [5.41, 5.74) is 2.26. The topological polar surface area (TPSA) is 76.7 Å². The molecule has 3 aromatic carbocycles. The minimum Gasteiger partial charge on any atom is -0.497 e. The molecule has 0 saturated carbocycles. The van der Waals surface area contributed by atoms with Gasteiger partial charge in [0.1, 0.15) is 17.2 Å². The standard InChI is InChI=1S/C25H24N2O4/c1-30-21-12-8-18(9-13-21)16-23(25(29)26-17-19-6-4-3-5-7-19)27-24(28)20-10-14-22(31-2)15-11-20/h3-16H,17H2,1-2H3,(H,26,29)(H,27,28)/b23-16-. The Morgan fingerprint density at radius 1 is 0.806 bits per heavy atom. The summed E-state index contributed by atoms with van der Waals surface area (Å²) in [6.07, 6.45) is 1.63. The van der Waals surface area contributed by atoms with Crippen LogP contribution in [0.5, 0.6) is 11.5 Å². The third-order valence-corrected chi connectivity index (χ3v) is 4.57. The number of rotatable bonds is 8. The molecule has 0 radical (unpaired) electrons. The van der Waals surface area contributed by atoms with Crippen LogP contribution in [0, 0.1) is 0 Å². The predicted molar refractivity (Wildman–Crippen MR) is 120 cm³/mol. The average molecular weight is 416 g/mol. The second kappa shape index (κ2) is 10.6. The lowest BCUT2D eigenvalue weighted by molar-refractivity contribution is -0.117. The molecule has 0 atom stereocenters. The Hall–Kier alpha value is -4.06. The Bertz CT molecular complexity index is 1040. The van der Waals surface area contributed by atoms with Gasteiger partial charge in [0.2, 0.25) is 0 Å². The summed E-state index contributed by atoms with van der Waals surface area (Å²) < 4.78 is 10.3. The van der Waals surface area contributed by atoms with E-state index in [9.17, 15) is 9.59 Å². The van der Waals surface area contributed by atoms with Gasteiger partial charge in [-0.05, 0) is 53.6 Å². The Kier molecular flexibility index (Phi) is 7.43. The predicted octanol–water partition coefficient (Wildman–Crippen LogP) is 3.79. The maximum atomic E-state index is 12.9. The fourth-order valence-corrected chi connectivity index (χ4v) is 2.84. The van der Waals surface area contributed by atoms with Crippen molar-refractivity contribution in [1.82, 2.24) is 10.6 Å². The molecule has 0 aliphatic rings. The molecule has 31 heavy (non-hydrogen) atoms. The number of carbonyl (C=O) groups excluding carboxylic acids is 2. The highest BCUT2D eigenvalue weighted by molar-refractivity contribution is 6.05. The van der Waals surface area contributed by atoms with Gasteiger partial charge < -0.3 is 20.1 Å². The van der Waals surface area contributed by atoms with E-state index >= 15 is 0 Å². The summed E-state index contributed by atoms with van der Waals surface area (Å²) in [7, 11) is 3.14. The summed E-state index contributed by atoms with van der Waals surface area (Å²) >= 11 is 0. The maximum Gasteiger partial charge on any atom is 0.268 e. The Morgan fingerprint density at radius 2 is 1.39 bits per heavy atom. The molecule has 0 bridgehead atoms. The van der Waals surface area contributed by atoms with Crippen molar-refractivity contribution >= 4 is 17.9 Å². The van der Waals surface area contributed by atoms with E-state index in [2.05, 4.69) is 10.6 Å². The first kappa shape index (κ1) is 21.6. The summed E-state index contributed by atoms with van der Waals surface area (Å²) in [5, 5.41) is 5.57. The number of ether oxygens (including phenoxy) is 2. The van der Waals surface area contributed by atoms with Crippen molar-refractivity contribution in [2.45, 2.75) is 6.54 Å². The third kappa shape index (κ3) is 6.21. The first-order chi connectivity index (χ1) is 15.1. The van der Waals surface area contributed by atoms with Crippen molar-refractivity contribution in [3.63, 3.8) is 0 Å². The molecule has 2 amide bonds. The van der Waals surface area contributed by atoms with Crippen LogP contribution >= 0.6 is 0 Å². The van der Waals surface area contributed by atoms with Crippen LogP contribution in [0.1, 0.15) is 21.5 Å². The van der Waals surface area contributed by atoms with Gasteiger partial charge in [0.05, 0.1) is 14.2 Å². The molecule has 158 valence electrons. The molecule has 0 fully saturated rings. The zero-order chi connectivity index (χ0) is 22.1. The second-order valence-corrected chi connectivity index (χ2v) is 6.68. The maximum absolute atomic E-state index is 12.9. The first-order valence-electron chi connectivity index (χ1n) is 9.72. The lowest BCUT2D eigenvalue weighted by Gasteiger charge is -2.12. The van der Waals surface area contributed by atoms with E-state index in [-0.39, 0.29) is 11.6 Å². The second-order valence-electron chi connectivity index (χ2n) is 6.68. The van der Waals surface area contributed by atoms with Crippen molar-refractivity contribution in [1.29, 1.82) is 0 Å². The molecule has 0 unspecified atom stereocenters. The molecular weight excluding hydrogens is 392 g/mol. The number of carbonyl (C=O) groups is 2. The van der Waals surface area contributed by atoms with Crippen LogP contribution in [-0.2, 0) is 11.3 Å². The summed E-state index contributed by atoms with van der Waals surface area (Å²) in [4.78, 5) is 25.6. The van der Waals surface area contributed by atoms with E-state index in [1.807, 2.05) is 42.5 Å². The fraction of sp³-hybridized carbons (Fsp3) is 0.120. The lowest BCUT2D eigenvalue weighted by atomic mass is 10.1. The average Bonchev–Trinajstić information content (AvgIpc) is 2.83. The molecule has 6 nitrogen and oxygen atoms in total. The van der Waals surface area contributed by atoms with Gasteiger partial charge in [0.25, 0.3) is 11.8 Å². The molecule has 0 spiro atoms. The van der Waals surface area contributed by atoms with E-state index in [1.165, 1.54) is 0 Å². The van der Waals surface area contributed by atoms with Gasteiger partial charge in [0.15, 0.2) is 0 Å². The minimum absolute atomic E-state index is 0.141. The van der Waals surface area contributed by atoms with Crippen molar-refractivity contribution in [3.8, 4) is 11.5 Å².